The Hall–Kier alpha value is -3.93. The molecule has 3 amide bonds. The SMILES string of the molecule is CCC(C)C(NC(=O)C(N)Cc1c[nH]c2ccccc12)C(=O)N1CCCC1C(=O)NC(CC(=O)O)C(=O)O. The van der Waals surface area contributed by atoms with Crippen molar-refractivity contribution in [3.05, 3.63) is 36.0 Å². The number of likely N-dealkylation sites (tertiary alicyclic amines) is 1. The van der Waals surface area contributed by atoms with Gasteiger partial charge in [-0.3, -0.25) is 19.2 Å². The van der Waals surface area contributed by atoms with Gasteiger partial charge in [-0.05, 0) is 36.8 Å². The number of nitrogens with one attached hydrogen (secondary N) is 3. The summed E-state index contributed by atoms with van der Waals surface area (Å²) in [6.07, 6.45) is 2.63. The summed E-state index contributed by atoms with van der Waals surface area (Å²) in [5, 5.41) is 24.2. The minimum Gasteiger partial charge on any atom is -0.481 e. The zero-order valence-electron chi connectivity index (χ0n) is 21.5. The number of amides is 3. The van der Waals surface area contributed by atoms with Crippen LogP contribution >= 0.6 is 0 Å². The Balaban J connectivity index is 1.71. The third-order valence-corrected chi connectivity index (χ3v) is 7.06. The fourth-order valence-electron chi connectivity index (χ4n) is 4.70. The van der Waals surface area contributed by atoms with Crippen molar-refractivity contribution < 1.29 is 34.2 Å². The van der Waals surface area contributed by atoms with Crippen molar-refractivity contribution in [3.8, 4) is 0 Å². The molecule has 5 atom stereocenters. The number of rotatable bonds is 12. The predicted octanol–water partition coefficient (Wildman–Crippen LogP) is 0.604. The van der Waals surface area contributed by atoms with Crippen molar-refractivity contribution >= 4 is 40.6 Å². The highest BCUT2D eigenvalue weighted by atomic mass is 16.4. The lowest BCUT2D eigenvalue weighted by Gasteiger charge is -2.32. The molecule has 0 spiro atoms. The summed E-state index contributed by atoms with van der Waals surface area (Å²) in [6.45, 7) is 3.94. The van der Waals surface area contributed by atoms with E-state index in [-0.39, 0.29) is 25.3 Å². The maximum Gasteiger partial charge on any atom is 0.326 e. The van der Waals surface area contributed by atoms with Crippen LogP contribution < -0.4 is 16.4 Å². The molecule has 0 radical (unpaired) electrons. The smallest absolute Gasteiger partial charge is 0.326 e. The Morgan fingerprint density at radius 3 is 2.53 bits per heavy atom. The molecule has 1 aromatic heterocycles. The van der Waals surface area contributed by atoms with Gasteiger partial charge in [-0.25, -0.2) is 4.79 Å². The van der Waals surface area contributed by atoms with E-state index in [9.17, 15) is 29.1 Å². The van der Waals surface area contributed by atoms with E-state index in [2.05, 4.69) is 15.6 Å². The Kier molecular flexibility index (Phi) is 9.45. The molecule has 1 fully saturated rings. The number of aromatic amines is 1. The predicted molar refractivity (Wildman–Crippen MR) is 138 cm³/mol. The van der Waals surface area contributed by atoms with Gasteiger partial charge in [-0.2, -0.15) is 0 Å². The van der Waals surface area contributed by atoms with E-state index >= 15 is 0 Å². The number of aromatic nitrogens is 1. The number of fused-ring (bicyclic) bond motifs is 1. The molecule has 12 heteroatoms. The molecule has 2 heterocycles. The fraction of sp³-hybridized carbons (Fsp3) is 0.500. The van der Waals surface area contributed by atoms with Crippen LogP contribution in [0.25, 0.3) is 10.9 Å². The van der Waals surface area contributed by atoms with Gasteiger partial charge in [0.1, 0.15) is 18.1 Å². The molecule has 1 aliphatic heterocycles. The number of aliphatic carboxylic acids is 2. The van der Waals surface area contributed by atoms with E-state index < -0.39 is 60.2 Å². The van der Waals surface area contributed by atoms with Gasteiger partial charge in [0.25, 0.3) is 0 Å². The van der Waals surface area contributed by atoms with Crippen molar-refractivity contribution in [1.82, 2.24) is 20.5 Å². The number of carbonyl (C=O) groups excluding carboxylic acids is 3. The Labute approximate surface area is 219 Å². The molecule has 38 heavy (non-hydrogen) atoms. The van der Waals surface area contributed by atoms with Gasteiger partial charge in [-0.15, -0.1) is 0 Å². The number of H-pyrrole nitrogens is 1. The number of nitrogens with zero attached hydrogens (tertiary/aromatic N) is 1. The number of nitrogens with two attached hydrogens (primary N) is 1. The van der Waals surface area contributed by atoms with Crippen LogP contribution in [0.1, 0.15) is 45.1 Å². The lowest BCUT2D eigenvalue weighted by Crippen LogP contribution is -2.58. The number of carboxylic acid groups (broad SMARTS) is 2. The van der Waals surface area contributed by atoms with Crippen LogP contribution in [0.15, 0.2) is 30.5 Å². The van der Waals surface area contributed by atoms with Crippen LogP contribution in [0.3, 0.4) is 0 Å². The Morgan fingerprint density at radius 2 is 1.87 bits per heavy atom. The number of hydrogen-bond donors (Lipinski definition) is 6. The first-order valence-corrected chi connectivity index (χ1v) is 12.7. The van der Waals surface area contributed by atoms with Gasteiger partial charge < -0.3 is 36.5 Å². The van der Waals surface area contributed by atoms with E-state index in [0.29, 0.717) is 12.8 Å². The number of para-hydroxylation sites is 1. The first kappa shape index (κ1) is 28.6. The molecule has 2 aromatic rings. The van der Waals surface area contributed by atoms with Crippen LogP contribution in [-0.4, -0.2) is 80.5 Å². The summed E-state index contributed by atoms with van der Waals surface area (Å²) in [6, 6.07) is 3.20. The number of carboxylic acids is 2. The maximum absolute atomic E-state index is 13.6. The molecule has 0 bridgehead atoms. The molecule has 1 aliphatic rings. The van der Waals surface area contributed by atoms with Crippen molar-refractivity contribution in [2.45, 2.75) is 70.1 Å². The van der Waals surface area contributed by atoms with Gasteiger partial charge in [-0.1, -0.05) is 38.5 Å². The lowest BCUT2D eigenvalue weighted by atomic mass is 9.96. The summed E-state index contributed by atoms with van der Waals surface area (Å²) >= 11 is 0. The zero-order valence-corrected chi connectivity index (χ0v) is 21.5. The van der Waals surface area contributed by atoms with Gasteiger partial charge in [0, 0.05) is 23.6 Å². The van der Waals surface area contributed by atoms with Gasteiger partial charge >= 0.3 is 11.9 Å². The molecule has 5 unspecified atom stereocenters. The van der Waals surface area contributed by atoms with Gasteiger partial charge in [0.05, 0.1) is 12.5 Å². The van der Waals surface area contributed by atoms with E-state index in [1.165, 1.54) is 4.90 Å². The monoisotopic (exact) mass is 529 g/mol. The third kappa shape index (κ3) is 6.68. The Bertz CT molecular complexity index is 1200. The molecular formula is C26H35N5O7. The van der Waals surface area contributed by atoms with Crippen LogP contribution in [0.5, 0.6) is 0 Å². The summed E-state index contributed by atoms with van der Waals surface area (Å²) in [5.41, 5.74) is 8.02. The topological polar surface area (TPSA) is 195 Å². The van der Waals surface area contributed by atoms with E-state index in [1.807, 2.05) is 38.1 Å². The van der Waals surface area contributed by atoms with Crippen molar-refractivity contribution in [3.63, 3.8) is 0 Å². The Morgan fingerprint density at radius 1 is 1.16 bits per heavy atom. The van der Waals surface area contributed by atoms with E-state index in [4.69, 9.17) is 10.8 Å². The normalized spacial score (nSPS) is 18.4. The lowest BCUT2D eigenvalue weighted by molar-refractivity contribution is -0.148. The van der Waals surface area contributed by atoms with Crippen molar-refractivity contribution in [2.75, 3.05) is 6.54 Å². The highest BCUT2D eigenvalue weighted by Gasteiger charge is 2.40. The van der Waals surface area contributed by atoms with E-state index in [0.717, 1.165) is 16.5 Å². The molecule has 0 aliphatic carbocycles. The maximum atomic E-state index is 13.6. The average Bonchev–Trinajstić information content (AvgIpc) is 3.53. The zero-order chi connectivity index (χ0) is 28.0. The molecule has 206 valence electrons. The number of hydrogen-bond acceptors (Lipinski definition) is 6. The van der Waals surface area contributed by atoms with Crippen LogP contribution in [0, 0.1) is 5.92 Å². The fourth-order valence-corrected chi connectivity index (χ4v) is 4.70. The molecule has 0 saturated carbocycles. The minimum atomic E-state index is -1.62. The van der Waals surface area contributed by atoms with Crippen LogP contribution in [-0.2, 0) is 30.4 Å². The molecule has 12 nitrogen and oxygen atoms in total. The molecular weight excluding hydrogens is 494 g/mol. The largest absolute Gasteiger partial charge is 0.481 e. The average molecular weight is 530 g/mol. The second-order valence-electron chi connectivity index (χ2n) is 9.73. The summed E-state index contributed by atoms with van der Waals surface area (Å²) < 4.78 is 0. The van der Waals surface area contributed by atoms with Crippen LogP contribution in [0.2, 0.25) is 0 Å². The quantitative estimate of drug-likeness (QED) is 0.230. The molecule has 7 N–H and O–H groups in total. The molecule has 1 saturated heterocycles. The minimum absolute atomic E-state index is 0.248. The molecule has 3 rings (SSSR count). The summed E-state index contributed by atoms with van der Waals surface area (Å²) in [7, 11) is 0. The number of benzene rings is 1. The second kappa shape index (κ2) is 12.5. The van der Waals surface area contributed by atoms with Gasteiger partial charge in [0.15, 0.2) is 0 Å². The highest BCUT2D eigenvalue weighted by Crippen LogP contribution is 2.23. The van der Waals surface area contributed by atoms with Gasteiger partial charge in [0.2, 0.25) is 17.7 Å². The summed E-state index contributed by atoms with van der Waals surface area (Å²) in [4.78, 5) is 66.4. The molecule has 1 aromatic carbocycles. The highest BCUT2D eigenvalue weighted by molar-refractivity contribution is 5.95. The second-order valence-corrected chi connectivity index (χ2v) is 9.73. The van der Waals surface area contributed by atoms with Crippen molar-refractivity contribution in [1.29, 1.82) is 0 Å². The third-order valence-electron chi connectivity index (χ3n) is 7.06. The summed E-state index contributed by atoms with van der Waals surface area (Å²) in [5.74, 6) is -4.83. The van der Waals surface area contributed by atoms with E-state index in [1.54, 1.807) is 6.20 Å². The standard InChI is InChI=1S/C26H35N5O7/c1-3-14(2)22(30-23(34)17(27)11-15-13-28-18-8-5-4-7-16(15)18)25(36)31-10-6-9-20(31)24(35)29-19(26(37)38)12-21(32)33/h4-5,7-8,13-14,17,19-20,22,28H,3,6,9-12,27H2,1-2H3,(H,29,35)(H,30,34)(H,32,33)(H,37,38). The van der Waals surface area contributed by atoms with Crippen molar-refractivity contribution in [2.24, 2.45) is 11.7 Å². The first-order valence-electron chi connectivity index (χ1n) is 12.7. The van der Waals surface area contributed by atoms with Crippen LogP contribution in [0.4, 0.5) is 0 Å². The number of carbonyl (C=O) groups is 5. The first-order chi connectivity index (χ1) is 18.0.